The number of hydrogen-bond donors (Lipinski definition) is 2. The summed E-state index contributed by atoms with van der Waals surface area (Å²) in [5.74, 6) is 0.271. The Balaban J connectivity index is 1.79. The number of likely N-dealkylation sites (tertiary alicyclic amines) is 1. The summed E-state index contributed by atoms with van der Waals surface area (Å²) in [6, 6.07) is 4.85. The van der Waals surface area contributed by atoms with Crippen LogP contribution in [0.1, 0.15) is 25.8 Å². The van der Waals surface area contributed by atoms with Crippen LogP contribution in [0.25, 0.3) is 0 Å². The summed E-state index contributed by atoms with van der Waals surface area (Å²) in [5.41, 5.74) is 1.59. The Morgan fingerprint density at radius 3 is 2.78 bits per heavy atom. The third-order valence-corrected chi connectivity index (χ3v) is 6.21. The Labute approximate surface area is 137 Å². The molecule has 0 aliphatic carbocycles. The largest absolute Gasteiger partial charge is 0.326 e. The highest BCUT2D eigenvalue weighted by molar-refractivity contribution is 7.89. The van der Waals surface area contributed by atoms with Crippen LogP contribution in [-0.4, -0.2) is 44.9 Å². The summed E-state index contributed by atoms with van der Waals surface area (Å²) in [7, 11) is -3.54. The highest BCUT2D eigenvalue weighted by Crippen LogP contribution is 2.26. The molecule has 3 rings (SSSR count). The predicted octanol–water partition coefficient (Wildman–Crippen LogP) is 1.19. The van der Waals surface area contributed by atoms with E-state index in [0.29, 0.717) is 24.4 Å². The van der Waals surface area contributed by atoms with Crippen LogP contribution in [0.5, 0.6) is 0 Å². The van der Waals surface area contributed by atoms with Crippen molar-refractivity contribution in [2.45, 2.75) is 37.6 Å². The monoisotopic (exact) mass is 337 g/mol. The van der Waals surface area contributed by atoms with E-state index in [1.54, 1.807) is 18.2 Å². The molecule has 0 bridgehead atoms. The molecule has 0 saturated carbocycles. The first-order valence-electron chi connectivity index (χ1n) is 8.06. The Kier molecular flexibility index (Phi) is 4.44. The molecule has 1 aromatic carbocycles. The molecule has 1 saturated heterocycles. The van der Waals surface area contributed by atoms with Crippen molar-refractivity contribution in [1.82, 2.24) is 9.62 Å². The van der Waals surface area contributed by atoms with Crippen LogP contribution in [-0.2, 0) is 21.2 Å². The number of likely N-dealkylation sites (N-methyl/N-ethyl adjacent to an activating group) is 1. The quantitative estimate of drug-likeness (QED) is 0.865. The van der Waals surface area contributed by atoms with Crippen LogP contribution in [0.15, 0.2) is 23.1 Å². The van der Waals surface area contributed by atoms with E-state index in [0.717, 1.165) is 25.2 Å². The number of anilines is 1. The molecule has 0 spiro atoms. The number of fused-ring (bicyclic) bond motifs is 1. The van der Waals surface area contributed by atoms with Gasteiger partial charge < -0.3 is 10.2 Å². The smallest absolute Gasteiger partial charge is 0.240 e. The van der Waals surface area contributed by atoms with Gasteiger partial charge in [0.2, 0.25) is 15.9 Å². The van der Waals surface area contributed by atoms with Gasteiger partial charge in [-0.15, -0.1) is 0 Å². The Morgan fingerprint density at radius 1 is 1.30 bits per heavy atom. The van der Waals surface area contributed by atoms with Gasteiger partial charge in [-0.1, -0.05) is 13.8 Å². The van der Waals surface area contributed by atoms with E-state index in [4.69, 9.17) is 0 Å². The summed E-state index contributed by atoms with van der Waals surface area (Å²) >= 11 is 0. The number of benzene rings is 1. The average molecular weight is 337 g/mol. The number of carbonyl (C=O) groups excluding carboxylic acids is 1. The third kappa shape index (κ3) is 3.41. The van der Waals surface area contributed by atoms with Gasteiger partial charge in [-0.05, 0) is 42.6 Å². The first-order valence-corrected chi connectivity index (χ1v) is 9.55. The highest BCUT2D eigenvalue weighted by Gasteiger charge is 2.32. The zero-order chi connectivity index (χ0) is 16.6. The van der Waals surface area contributed by atoms with E-state index in [2.05, 4.69) is 28.8 Å². The van der Waals surface area contributed by atoms with Crippen molar-refractivity contribution in [1.29, 1.82) is 0 Å². The summed E-state index contributed by atoms with van der Waals surface area (Å²) in [4.78, 5) is 13.9. The number of nitrogens with zero attached hydrogens (tertiary/aromatic N) is 1. The van der Waals surface area contributed by atoms with Crippen molar-refractivity contribution in [2.75, 3.05) is 25.0 Å². The molecular weight excluding hydrogens is 314 g/mol. The second-order valence-electron chi connectivity index (χ2n) is 6.42. The van der Waals surface area contributed by atoms with Crippen molar-refractivity contribution < 1.29 is 13.2 Å². The van der Waals surface area contributed by atoms with E-state index in [1.165, 1.54) is 0 Å². The molecule has 126 valence electrons. The number of nitrogens with one attached hydrogen (secondary N) is 2. The Bertz CT molecular complexity index is 717. The Hall–Kier alpha value is -1.44. The van der Waals surface area contributed by atoms with Gasteiger partial charge in [-0.3, -0.25) is 4.79 Å². The van der Waals surface area contributed by atoms with Crippen LogP contribution in [0.3, 0.4) is 0 Å². The van der Waals surface area contributed by atoms with Crippen LogP contribution >= 0.6 is 0 Å². The van der Waals surface area contributed by atoms with Crippen molar-refractivity contribution in [3.8, 4) is 0 Å². The van der Waals surface area contributed by atoms with Crippen molar-refractivity contribution in [2.24, 2.45) is 5.92 Å². The molecule has 1 fully saturated rings. The standard InChI is InChI=1S/C16H23N3O3S/c1-3-19-9-11(2)15(10-19)18-23(21,22)13-5-6-14-12(8-13)4-7-16(20)17-14/h5-6,8,11,15,18H,3-4,7,9-10H2,1-2H3,(H,17,20)/t11-,15+/m0/s1. The first-order chi connectivity index (χ1) is 10.9. The summed E-state index contributed by atoms with van der Waals surface area (Å²) in [5, 5.41) is 2.77. The predicted molar refractivity (Wildman–Crippen MR) is 88.8 cm³/mol. The summed E-state index contributed by atoms with van der Waals surface area (Å²) < 4.78 is 28.2. The average Bonchev–Trinajstić information content (AvgIpc) is 2.86. The van der Waals surface area contributed by atoms with Crippen molar-refractivity contribution in [3.05, 3.63) is 23.8 Å². The van der Waals surface area contributed by atoms with E-state index < -0.39 is 10.0 Å². The van der Waals surface area contributed by atoms with Gasteiger partial charge in [0.15, 0.2) is 0 Å². The minimum atomic E-state index is -3.54. The minimum absolute atomic E-state index is 0.0225. The lowest BCUT2D eigenvalue weighted by atomic mass is 10.0. The number of carbonyl (C=O) groups is 1. The molecule has 6 nitrogen and oxygen atoms in total. The number of sulfonamides is 1. The van der Waals surface area contributed by atoms with Crippen LogP contribution in [0.4, 0.5) is 5.69 Å². The lowest BCUT2D eigenvalue weighted by Gasteiger charge is -2.20. The maximum absolute atomic E-state index is 12.7. The number of hydrogen-bond acceptors (Lipinski definition) is 4. The lowest BCUT2D eigenvalue weighted by molar-refractivity contribution is -0.116. The number of aryl methyl sites for hydroxylation is 1. The Morgan fingerprint density at radius 2 is 2.09 bits per heavy atom. The van der Waals surface area contributed by atoms with E-state index in [-0.39, 0.29) is 16.8 Å². The third-order valence-electron chi connectivity index (χ3n) is 4.72. The maximum Gasteiger partial charge on any atom is 0.240 e. The minimum Gasteiger partial charge on any atom is -0.326 e. The summed E-state index contributed by atoms with van der Waals surface area (Å²) in [6.07, 6.45) is 0.975. The van der Waals surface area contributed by atoms with Crippen molar-refractivity contribution in [3.63, 3.8) is 0 Å². The van der Waals surface area contributed by atoms with Crippen LogP contribution in [0, 0.1) is 5.92 Å². The van der Waals surface area contributed by atoms with Crippen LogP contribution < -0.4 is 10.0 Å². The van der Waals surface area contributed by atoms with Gasteiger partial charge in [0.05, 0.1) is 4.90 Å². The molecule has 0 aromatic heterocycles. The maximum atomic E-state index is 12.7. The molecule has 2 N–H and O–H groups in total. The molecule has 2 aliphatic rings. The van der Waals surface area contributed by atoms with Gasteiger partial charge in [-0.25, -0.2) is 13.1 Å². The molecular formula is C16H23N3O3S. The van der Waals surface area contributed by atoms with Gasteiger partial charge >= 0.3 is 0 Å². The zero-order valence-electron chi connectivity index (χ0n) is 13.5. The van der Waals surface area contributed by atoms with Gasteiger partial charge in [0.1, 0.15) is 0 Å². The topological polar surface area (TPSA) is 78.5 Å². The normalized spacial score (nSPS) is 25.2. The second-order valence-corrected chi connectivity index (χ2v) is 8.14. The van der Waals surface area contributed by atoms with E-state index >= 15 is 0 Å². The number of rotatable bonds is 4. The SMILES string of the molecule is CCN1C[C@H](C)[C@H](NS(=O)(=O)c2ccc3c(c2)CCC(=O)N3)C1. The van der Waals surface area contributed by atoms with Crippen LogP contribution in [0.2, 0.25) is 0 Å². The number of amides is 1. The molecule has 0 unspecified atom stereocenters. The fourth-order valence-electron chi connectivity index (χ4n) is 3.27. The zero-order valence-corrected chi connectivity index (χ0v) is 14.3. The van der Waals surface area contributed by atoms with Gasteiger partial charge in [-0.2, -0.15) is 0 Å². The molecule has 2 atom stereocenters. The van der Waals surface area contributed by atoms with Gasteiger partial charge in [0, 0.05) is 31.2 Å². The molecule has 0 radical (unpaired) electrons. The van der Waals surface area contributed by atoms with Crippen molar-refractivity contribution >= 4 is 21.6 Å². The highest BCUT2D eigenvalue weighted by atomic mass is 32.2. The fourth-order valence-corrected chi connectivity index (χ4v) is 4.66. The molecule has 2 heterocycles. The molecule has 7 heteroatoms. The molecule has 23 heavy (non-hydrogen) atoms. The second kappa shape index (κ2) is 6.22. The van der Waals surface area contributed by atoms with E-state index in [9.17, 15) is 13.2 Å². The lowest BCUT2D eigenvalue weighted by Crippen LogP contribution is -2.39. The van der Waals surface area contributed by atoms with Gasteiger partial charge in [0.25, 0.3) is 0 Å². The fraction of sp³-hybridized carbons (Fsp3) is 0.562. The van der Waals surface area contributed by atoms with E-state index in [1.807, 2.05) is 0 Å². The molecule has 1 amide bonds. The summed E-state index contributed by atoms with van der Waals surface area (Å²) in [6.45, 7) is 6.76. The molecule has 1 aromatic rings. The first kappa shape index (κ1) is 16.4. The molecule has 2 aliphatic heterocycles.